The summed E-state index contributed by atoms with van der Waals surface area (Å²) in [6.07, 6.45) is 4.46. The van der Waals surface area contributed by atoms with Crippen molar-refractivity contribution in [1.82, 2.24) is 34.7 Å². The van der Waals surface area contributed by atoms with Crippen molar-refractivity contribution in [2.75, 3.05) is 6.61 Å². The molecule has 0 spiro atoms. The smallest absolute Gasteiger partial charge is 0.158 e. The van der Waals surface area contributed by atoms with Crippen LogP contribution in [0.4, 0.5) is 0 Å². The van der Waals surface area contributed by atoms with Crippen LogP contribution < -0.4 is 0 Å². The molecule has 4 aromatic rings. The Morgan fingerprint density at radius 1 is 1.25 bits per heavy atom. The second-order valence-corrected chi connectivity index (χ2v) is 7.74. The van der Waals surface area contributed by atoms with E-state index in [0.717, 1.165) is 53.0 Å². The van der Waals surface area contributed by atoms with Gasteiger partial charge in [0.05, 0.1) is 29.8 Å². The molecule has 4 heterocycles. The summed E-state index contributed by atoms with van der Waals surface area (Å²) in [4.78, 5) is 9.49. The fourth-order valence-corrected chi connectivity index (χ4v) is 4.24. The van der Waals surface area contributed by atoms with E-state index in [4.69, 9.17) is 21.3 Å². The minimum atomic E-state index is 0.206. The maximum Gasteiger partial charge on any atom is 0.158 e. The van der Waals surface area contributed by atoms with Gasteiger partial charge >= 0.3 is 0 Å². The van der Waals surface area contributed by atoms with Crippen molar-refractivity contribution in [1.29, 1.82) is 0 Å². The predicted octanol–water partition coefficient (Wildman–Crippen LogP) is 3.09. The number of aryl methyl sites for hydroxylation is 1. The molecule has 1 aliphatic rings. The Morgan fingerprint density at radius 2 is 2.14 bits per heavy atom. The molecule has 0 bridgehead atoms. The van der Waals surface area contributed by atoms with E-state index >= 15 is 0 Å². The first-order valence-electron chi connectivity index (χ1n) is 9.38. The number of nitrogens with zero attached hydrogens (tertiary/aromatic N) is 7. The van der Waals surface area contributed by atoms with Crippen molar-refractivity contribution in [3.8, 4) is 0 Å². The van der Waals surface area contributed by atoms with Gasteiger partial charge in [-0.15, -0.1) is 5.10 Å². The van der Waals surface area contributed by atoms with E-state index in [1.807, 2.05) is 31.4 Å². The summed E-state index contributed by atoms with van der Waals surface area (Å²) in [5.41, 5.74) is 2.83. The number of benzene rings is 1. The Morgan fingerprint density at radius 3 is 2.93 bits per heavy atom. The van der Waals surface area contributed by atoms with E-state index in [0.29, 0.717) is 11.4 Å². The van der Waals surface area contributed by atoms with E-state index in [1.165, 1.54) is 0 Å². The molecule has 0 saturated carbocycles. The van der Waals surface area contributed by atoms with Gasteiger partial charge in [-0.1, -0.05) is 11.6 Å². The van der Waals surface area contributed by atoms with Crippen LogP contribution in [0.15, 0.2) is 24.4 Å². The Hall–Kier alpha value is -2.58. The van der Waals surface area contributed by atoms with Gasteiger partial charge in [0, 0.05) is 30.1 Å². The maximum atomic E-state index is 6.32. The van der Waals surface area contributed by atoms with Gasteiger partial charge in [-0.2, -0.15) is 0 Å². The highest BCUT2D eigenvalue weighted by molar-refractivity contribution is 6.31. The fourth-order valence-electron chi connectivity index (χ4n) is 4.06. The van der Waals surface area contributed by atoms with Gasteiger partial charge < -0.3 is 9.30 Å². The highest BCUT2D eigenvalue weighted by Gasteiger charge is 2.27. The van der Waals surface area contributed by atoms with Crippen molar-refractivity contribution < 1.29 is 4.74 Å². The zero-order valence-corrected chi connectivity index (χ0v) is 16.5. The van der Waals surface area contributed by atoms with Crippen LogP contribution in [0.2, 0.25) is 5.02 Å². The van der Waals surface area contributed by atoms with E-state index in [1.54, 1.807) is 4.68 Å². The van der Waals surface area contributed by atoms with Crippen LogP contribution in [0, 0.1) is 0 Å². The summed E-state index contributed by atoms with van der Waals surface area (Å²) in [6, 6.07) is 6.08. The first-order chi connectivity index (χ1) is 13.6. The molecule has 144 valence electrons. The van der Waals surface area contributed by atoms with E-state index < -0.39 is 0 Å². The van der Waals surface area contributed by atoms with Crippen LogP contribution in [-0.2, 0) is 18.2 Å². The number of hydrogen-bond donors (Lipinski definition) is 0. The number of hydrogen-bond acceptors (Lipinski definition) is 6. The minimum absolute atomic E-state index is 0.206. The average Bonchev–Trinajstić information content (AvgIpc) is 3.25. The van der Waals surface area contributed by atoms with Crippen LogP contribution in [-0.4, -0.2) is 47.5 Å². The lowest BCUT2D eigenvalue weighted by Gasteiger charge is -2.30. The quantitative estimate of drug-likeness (QED) is 0.528. The predicted molar refractivity (Wildman–Crippen MR) is 105 cm³/mol. The minimum Gasteiger partial charge on any atom is -0.378 e. The van der Waals surface area contributed by atoms with E-state index in [-0.39, 0.29) is 12.1 Å². The molecule has 2 atom stereocenters. The van der Waals surface area contributed by atoms with Gasteiger partial charge in [-0.05, 0) is 48.4 Å². The molecular weight excluding hydrogens is 378 g/mol. The van der Waals surface area contributed by atoms with Crippen LogP contribution in [0.5, 0.6) is 0 Å². The first-order valence-corrected chi connectivity index (χ1v) is 9.76. The molecule has 0 radical (unpaired) electrons. The molecule has 1 aliphatic heterocycles. The third kappa shape index (κ3) is 2.93. The van der Waals surface area contributed by atoms with Gasteiger partial charge in [0.2, 0.25) is 0 Å². The molecule has 3 aromatic heterocycles. The fraction of sp³-hybridized carbons (Fsp3) is 0.421. The normalized spacial score (nSPS) is 20.2. The van der Waals surface area contributed by atoms with Crippen molar-refractivity contribution in [3.05, 3.63) is 41.1 Å². The average molecular weight is 398 g/mol. The lowest BCUT2D eigenvalue weighted by Crippen LogP contribution is -2.26. The molecule has 8 nitrogen and oxygen atoms in total. The van der Waals surface area contributed by atoms with Crippen molar-refractivity contribution >= 4 is 33.5 Å². The van der Waals surface area contributed by atoms with Gasteiger partial charge in [0.25, 0.3) is 0 Å². The lowest BCUT2D eigenvalue weighted by molar-refractivity contribution is 0.00630. The monoisotopic (exact) mass is 397 g/mol. The summed E-state index contributed by atoms with van der Waals surface area (Å²) >= 11 is 6.32. The maximum absolute atomic E-state index is 6.32. The highest BCUT2D eigenvalue weighted by Crippen LogP contribution is 2.34. The summed E-state index contributed by atoms with van der Waals surface area (Å²) in [6.45, 7) is 2.86. The van der Waals surface area contributed by atoms with Gasteiger partial charge in [-0.25, -0.2) is 9.67 Å². The van der Waals surface area contributed by atoms with Crippen molar-refractivity contribution in [2.45, 2.75) is 38.3 Å². The van der Waals surface area contributed by atoms with Crippen LogP contribution in [0.1, 0.15) is 37.5 Å². The zero-order valence-electron chi connectivity index (χ0n) is 15.7. The van der Waals surface area contributed by atoms with Crippen molar-refractivity contribution in [2.24, 2.45) is 7.05 Å². The number of rotatable bonds is 3. The molecule has 5 rings (SSSR count). The number of imidazole rings is 1. The SMILES string of the molecule is C[C@@H]1CC(n2c(Cc3nnnn3C)nc3cnc4ccc(Cl)cc4c32)CCO1. The van der Waals surface area contributed by atoms with Gasteiger partial charge in [0.1, 0.15) is 11.3 Å². The highest BCUT2D eigenvalue weighted by atomic mass is 35.5. The molecule has 0 aliphatic carbocycles. The number of fused-ring (bicyclic) bond motifs is 3. The summed E-state index contributed by atoms with van der Waals surface area (Å²) in [5, 5.41) is 13.6. The number of aromatic nitrogens is 7. The molecule has 1 fully saturated rings. The molecule has 28 heavy (non-hydrogen) atoms. The molecule has 1 aromatic carbocycles. The standard InChI is InChI=1S/C19H20ClN7O/c1-11-7-13(5-6-28-11)27-17(9-18-23-24-25-26(18)2)22-16-10-21-15-4-3-12(20)8-14(15)19(16)27/h3-4,8,10-11,13H,5-7,9H2,1-2H3/t11-,13?/m1/s1. The largest absolute Gasteiger partial charge is 0.378 e. The second kappa shape index (κ2) is 6.79. The van der Waals surface area contributed by atoms with E-state index in [9.17, 15) is 0 Å². The van der Waals surface area contributed by atoms with E-state index in [2.05, 4.69) is 32.0 Å². The first kappa shape index (κ1) is 17.5. The molecule has 9 heteroatoms. The number of tetrazole rings is 1. The number of halogens is 1. The molecular formula is C19H20ClN7O. The summed E-state index contributed by atoms with van der Waals surface area (Å²) < 4.78 is 9.81. The van der Waals surface area contributed by atoms with Crippen molar-refractivity contribution in [3.63, 3.8) is 0 Å². The van der Waals surface area contributed by atoms with Gasteiger partial charge in [-0.3, -0.25) is 4.98 Å². The number of ether oxygens (including phenoxy) is 1. The molecule has 0 N–H and O–H groups in total. The molecule has 1 saturated heterocycles. The lowest BCUT2D eigenvalue weighted by atomic mass is 10.0. The Labute approximate surface area is 166 Å². The topological polar surface area (TPSA) is 83.5 Å². The Bertz CT molecular complexity index is 1170. The van der Waals surface area contributed by atoms with Crippen LogP contribution >= 0.6 is 11.6 Å². The Balaban J connectivity index is 1.76. The third-order valence-electron chi connectivity index (χ3n) is 5.40. The number of pyridine rings is 1. The van der Waals surface area contributed by atoms with Gasteiger partial charge in [0.15, 0.2) is 5.82 Å². The zero-order chi connectivity index (χ0) is 19.3. The second-order valence-electron chi connectivity index (χ2n) is 7.31. The summed E-state index contributed by atoms with van der Waals surface area (Å²) in [5.74, 6) is 1.70. The summed E-state index contributed by atoms with van der Waals surface area (Å²) in [7, 11) is 1.84. The Kier molecular flexibility index (Phi) is 4.25. The van der Waals surface area contributed by atoms with Crippen LogP contribution in [0.3, 0.4) is 0 Å². The van der Waals surface area contributed by atoms with Crippen LogP contribution in [0.25, 0.3) is 21.9 Å². The molecule has 1 unspecified atom stereocenters. The third-order valence-corrected chi connectivity index (χ3v) is 5.63. The molecule has 0 amide bonds.